The zero-order valence-electron chi connectivity index (χ0n) is 16.1. The molecule has 6 heteroatoms. The number of aromatic nitrogens is 1. The van der Waals surface area contributed by atoms with E-state index < -0.39 is 5.97 Å². The molecule has 27 heavy (non-hydrogen) atoms. The standard InChI is InChI=1S/C21H24N2O4/c1-5-26-20(25)15-11-14-17(24)13-10-12(8-9-21(2,3)4)6-7-16(13)27-19(14)23-18(15)22/h6-7,10-11H,5,8-9H2,1-4H3,(H2,22,23). The molecule has 2 N–H and O–H groups in total. The van der Waals surface area contributed by atoms with Gasteiger partial charge in [-0.05, 0) is 48.9 Å². The molecule has 0 atom stereocenters. The van der Waals surface area contributed by atoms with Crippen molar-refractivity contribution in [2.45, 2.75) is 40.5 Å². The summed E-state index contributed by atoms with van der Waals surface area (Å²) in [6, 6.07) is 7.00. The molecular weight excluding hydrogens is 344 g/mol. The van der Waals surface area contributed by atoms with E-state index in [1.54, 1.807) is 13.0 Å². The third-order valence-corrected chi connectivity index (χ3v) is 4.42. The Kier molecular flexibility index (Phi) is 4.91. The number of pyridine rings is 1. The van der Waals surface area contributed by atoms with Crippen LogP contribution in [0.15, 0.2) is 33.5 Å². The number of anilines is 1. The van der Waals surface area contributed by atoms with Crippen LogP contribution in [0.1, 0.15) is 50.0 Å². The molecule has 0 bridgehead atoms. The molecule has 142 valence electrons. The Balaban J connectivity index is 2.13. The van der Waals surface area contributed by atoms with Crippen LogP contribution in [0.25, 0.3) is 22.1 Å². The van der Waals surface area contributed by atoms with E-state index in [1.807, 2.05) is 12.1 Å². The molecule has 0 spiro atoms. The number of carbonyl (C=O) groups is 1. The van der Waals surface area contributed by atoms with Crippen LogP contribution in [0.4, 0.5) is 5.82 Å². The fourth-order valence-electron chi connectivity index (χ4n) is 2.89. The number of ether oxygens (including phenoxy) is 1. The van der Waals surface area contributed by atoms with Gasteiger partial charge in [-0.15, -0.1) is 0 Å². The minimum atomic E-state index is -0.608. The lowest BCUT2D eigenvalue weighted by Crippen LogP contribution is -2.12. The Morgan fingerprint density at radius 3 is 2.63 bits per heavy atom. The Morgan fingerprint density at radius 1 is 1.22 bits per heavy atom. The molecule has 2 heterocycles. The highest BCUT2D eigenvalue weighted by atomic mass is 16.5. The van der Waals surface area contributed by atoms with E-state index in [9.17, 15) is 9.59 Å². The van der Waals surface area contributed by atoms with Crippen LogP contribution in [0.2, 0.25) is 0 Å². The first-order valence-electron chi connectivity index (χ1n) is 9.02. The Hall–Kier alpha value is -2.89. The fraction of sp³-hybridized carbons (Fsp3) is 0.381. The van der Waals surface area contributed by atoms with Crippen molar-refractivity contribution >= 4 is 33.9 Å². The van der Waals surface area contributed by atoms with Crippen molar-refractivity contribution in [1.29, 1.82) is 0 Å². The second kappa shape index (κ2) is 7.02. The summed E-state index contributed by atoms with van der Waals surface area (Å²) in [4.78, 5) is 29.1. The minimum absolute atomic E-state index is 0.0229. The Bertz CT molecular complexity index is 1080. The van der Waals surface area contributed by atoms with Crippen LogP contribution < -0.4 is 11.2 Å². The van der Waals surface area contributed by atoms with Crippen LogP contribution in [-0.2, 0) is 11.2 Å². The fourth-order valence-corrected chi connectivity index (χ4v) is 2.89. The predicted molar refractivity (Wildman–Crippen MR) is 106 cm³/mol. The van der Waals surface area contributed by atoms with Crippen LogP contribution in [0.5, 0.6) is 0 Å². The first-order chi connectivity index (χ1) is 12.7. The SMILES string of the molecule is CCOC(=O)c1cc2c(=O)c3cc(CCC(C)(C)C)ccc3oc2nc1N. The normalized spacial score (nSPS) is 11.9. The van der Waals surface area contributed by atoms with Crippen molar-refractivity contribution in [3.8, 4) is 0 Å². The van der Waals surface area contributed by atoms with Crippen LogP contribution in [0.3, 0.4) is 0 Å². The van der Waals surface area contributed by atoms with E-state index in [4.69, 9.17) is 14.9 Å². The number of fused-ring (bicyclic) bond motifs is 2. The highest BCUT2D eigenvalue weighted by molar-refractivity contribution is 5.99. The number of nitrogens with zero attached hydrogens (tertiary/aromatic N) is 1. The van der Waals surface area contributed by atoms with Crippen molar-refractivity contribution in [1.82, 2.24) is 4.98 Å². The molecule has 0 radical (unpaired) electrons. The second-order valence-corrected chi connectivity index (χ2v) is 7.82. The maximum Gasteiger partial charge on any atom is 0.341 e. The molecule has 0 unspecified atom stereocenters. The molecule has 0 aliphatic carbocycles. The maximum atomic E-state index is 13.0. The molecule has 1 aromatic carbocycles. The summed E-state index contributed by atoms with van der Waals surface area (Å²) in [7, 11) is 0. The number of esters is 1. The number of nitrogens with two attached hydrogens (primary N) is 1. The monoisotopic (exact) mass is 368 g/mol. The first-order valence-corrected chi connectivity index (χ1v) is 9.02. The van der Waals surface area contributed by atoms with Gasteiger partial charge in [0.1, 0.15) is 17.0 Å². The maximum absolute atomic E-state index is 13.0. The zero-order chi connectivity index (χ0) is 19.8. The summed E-state index contributed by atoms with van der Waals surface area (Å²) in [6.45, 7) is 8.46. The summed E-state index contributed by atoms with van der Waals surface area (Å²) < 4.78 is 10.7. The van der Waals surface area contributed by atoms with Gasteiger partial charge in [-0.25, -0.2) is 4.79 Å². The predicted octanol–water partition coefficient (Wildman–Crippen LogP) is 4.08. The van der Waals surface area contributed by atoms with Gasteiger partial charge in [0.15, 0.2) is 0 Å². The molecule has 0 saturated heterocycles. The van der Waals surface area contributed by atoms with Gasteiger partial charge in [-0.2, -0.15) is 4.98 Å². The van der Waals surface area contributed by atoms with Crippen molar-refractivity contribution < 1.29 is 13.9 Å². The van der Waals surface area contributed by atoms with Gasteiger partial charge in [0.25, 0.3) is 0 Å². The molecule has 2 aromatic heterocycles. The average molecular weight is 368 g/mol. The molecule has 0 amide bonds. The third-order valence-electron chi connectivity index (χ3n) is 4.42. The van der Waals surface area contributed by atoms with E-state index in [1.165, 1.54) is 6.07 Å². The lowest BCUT2D eigenvalue weighted by Gasteiger charge is -2.17. The molecule has 0 aliphatic rings. The summed E-state index contributed by atoms with van der Waals surface area (Å²) in [6.07, 6.45) is 1.87. The van der Waals surface area contributed by atoms with Crippen molar-refractivity contribution in [3.05, 3.63) is 45.6 Å². The number of nitrogen functional groups attached to an aromatic ring is 1. The van der Waals surface area contributed by atoms with E-state index in [0.717, 1.165) is 18.4 Å². The highest BCUT2D eigenvalue weighted by Gasteiger charge is 2.18. The summed E-state index contributed by atoms with van der Waals surface area (Å²) in [5.41, 5.74) is 7.51. The lowest BCUT2D eigenvalue weighted by atomic mass is 9.88. The molecule has 3 rings (SSSR count). The number of hydrogen-bond acceptors (Lipinski definition) is 6. The van der Waals surface area contributed by atoms with Gasteiger partial charge in [-0.1, -0.05) is 26.8 Å². The summed E-state index contributed by atoms with van der Waals surface area (Å²) >= 11 is 0. The van der Waals surface area contributed by atoms with E-state index >= 15 is 0 Å². The Morgan fingerprint density at radius 2 is 1.96 bits per heavy atom. The molecule has 3 aromatic rings. The average Bonchev–Trinajstić information content (AvgIpc) is 2.59. The lowest BCUT2D eigenvalue weighted by molar-refractivity contribution is 0.0527. The second-order valence-electron chi connectivity index (χ2n) is 7.82. The molecule has 6 nitrogen and oxygen atoms in total. The smallest absolute Gasteiger partial charge is 0.341 e. The van der Waals surface area contributed by atoms with Gasteiger partial charge < -0.3 is 14.9 Å². The van der Waals surface area contributed by atoms with Crippen LogP contribution in [-0.4, -0.2) is 17.6 Å². The number of hydrogen-bond donors (Lipinski definition) is 1. The van der Waals surface area contributed by atoms with Crippen molar-refractivity contribution in [2.75, 3.05) is 12.3 Å². The number of carbonyl (C=O) groups excluding carboxylic acids is 1. The van der Waals surface area contributed by atoms with Crippen LogP contribution >= 0.6 is 0 Å². The van der Waals surface area contributed by atoms with E-state index in [-0.39, 0.29) is 39.9 Å². The topological polar surface area (TPSA) is 95.4 Å². The molecule has 0 saturated carbocycles. The van der Waals surface area contributed by atoms with E-state index in [2.05, 4.69) is 25.8 Å². The number of aryl methyl sites for hydroxylation is 1. The molecule has 0 aliphatic heterocycles. The number of rotatable bonds is 4. The summed E-state index contributed by atoms with van der Waals surface area (Å²) in [5.74, 6) is -0.631. The van der Waals surface area contributed by atoms with Gasteiger partial charge in [0, 0.05) is 0 Å². The zero-order valence-corrected chi connectivity index (χ0v) is 16.1. The number of benzene rings is 1. The van der Waals surface area contributed by atoms with Gasteiger partial charge >= 0.3 is 5.97 Å². The quantitative estimate of drug-likeness (QED) is 0.551. The van der Waals surface area contributed by atoms with Gasteiger partial charge in [-0.3, -0.25) is 4.79 Å². The largest absolute Gasteiger partial charge is 0.462 e. The summed E-state index contributed by atoms with van der Waals surface area (Å²) in [5, 5.41) is 0.683. The van der Waals surface area contributed by atoms with E-state index in [0.29, 0.717) is 11.0 Å². The van der Waals surface area contributed by atoms with Gasteiger partial charge in [0.05, 0.1) is 17.4 Å². The third kappa shape index (κ3) is 3.94. The molecular formula is C21H24N2O4. The van der Waals surface area contributed by atoms with Gasteiger partial charge in [0.2, 0.25) is 11.1 Å². The van der Waals surface area contributed by atoms with Crippen LogP contribution in [0, 0.1) is 5.41 Å². The molecule has 0 fully saturated rings. The highest BCUT2D eigenvalue weighted by Crippen LogP contribution is 2.25. The Labute approximate surface area is 157 Å². The van der Waals surface area contributed by atoms with Crippen molar-refractivity contribution in [2.24, 2.45) is 5.41 Å². The minimum Gasteiger partial charge on any atom is -0.462 e. The first kappa shape index (κ1) is 18.9. The van der Waals surface area contributed by atoms with Crippen molar-refractivity contribution in [3.63, 3.8) is 0 Å².